The molecule has 1 aromatic heterocycles. The number of thiophene rings is 1. The van der Waals surface area contributed by atoms with Gasteiger partial charge >= 0.3 is 0 Å². The summed E-state index contributed by atoms with van der Waals surface area (Å²) >= 11 is 1.36. The number of ether oxygens (including phenoxy) is 1. The molecule has 118 valence electrons. The van der Waals surface area contributed by atoms with Crippen LogP contribution in [0.15, 0.2) is 0 Å². The Bertz CT molecular complexity index is 507. The van der Waals surface area contributed by atoms with Crippen molar-refractivity contribution in [3.05, 3.63) is 4.88 Å². The smallest absolute Gasteiger partial charge is 0.178 e. The van der Waals surface area contributed by atoms with Crippen molar-refractivity contribution < 1.29 is 9.53 Å². The number of piperazine rings is 1. The van der Waals surface area contributed by atoms with Crippen LogP contribution in [0.3, 0.4) is 0 Å². The molecule has 0 aromatic carbocycles. The summed E-state index contributed by atoms with van der Waals surface area (Å²) in [4.78, 5) is 14.5. The molecule has 0 bridgehead atoms. The van der Waals surface area contributed by atoms with E-state index in [1.165, 1.54) is 18.3 Å². The van der Waals surface area contributed by atoms with Crippen LogP contribution in [0.2, 0.25) is 0 Å². The van der Waals surface area contributed by atoms with Crippen LogP contribution < -0.4 is 15.9 Å². The highest BCUT2D eigenvalue weighted by atomic mass is 32.1. The Morgan fingerprint density at radius 3 is 2.48 bits per heavy atom. The van der Waals surface area contributed by atoms with Crippen LogP contribution in [0, 0.1) is 0 Å². The maximum absolute atomic E-state index is 11.7. The van der Waals surface area contributed by atoms with Crippen molar-refractivity contribution in [2.75, 3.05) is 44.4 Å². The summed E-state index contributed by atoms with van der Waals surface area (Å²) in [5.74, 6) is 0.566. The molecule has 3 N–H and O–H groups in total. The van der Waals surface area contributed by atoms with E-state index in [-0.39, 0.29) is 11.9 Å². The predicted molar refractivity (Wildman–Crippen MR) is 87.2 cm³/mol. The van der Waals surface area contributed by atoms with Crippen LogP contribution >= 0.6 is 11.3 Å². The maximum atomic E-state index is 11.7. The highest BCUT2D eigenvalue weighted by Gasteiger charge is 2.23. The van der Waals surface area contributed by atoms with Gasteiger partial charge in [0.05, 0.1) is 16.7 Å². The number of rotatable bonds is 5. The Labute approximate surface area is 129 Å². The molecule has 1 aliphatic heterocycles. The normalized spacial score (nSPS) is 17.2. The average molecular weight is 312 g/mol. The van der Waals surface area contributed by atoms with E-state index in [4.69, 9.17) is 10.5 Å². The van der Waals surface area contributed by atoms with Crippen LogP contribution in [0.5, 0.6) is 5.75 Å². The fraction of sp³-hybridized carbons (Fsp3) is 0.643. The number of nitrogens with one attached hydrogen (secondary N) is 1. The molecule has 1 aliphatic rings. The molecule has 0 spiro atoms. The summed E-state index contributed by atoms with van der Waals surface area (Å²) in [6.45, 7) is 9.28. The Morgan fingerprint density at radius 1 is 1.33 bits per heavy atom. The molecular weight excluding hydrogens is 288 g/mol. The molecule has 0 amide bonds. The lowest BCUT2D eigenvalue weighted by Gasteiger charge is -2.32. The molecule has 1 aromatic rings. The second-order valence-electron chi connectivity index (χ2n) is 5.63. The largest absolute Gasteiger partial charge is 0.486 e. The van der Waals surface area contributed by atoms with E-state index in [1.807, 2.05) is 13.8 Å². The van der Waals surface area contributed by atoms with E-state index in [0.29, 0.717) is 16.3 Å². The standard InChI is InChI=1S/C14H24N4O2S/c1-9(2)20-12-11(15)13(10(3)19)21-14(12)16-18-7-5-17(4)6-8-18/h9,16H,5-8,15H2,1-4H3. The van der Waals surface area contributed by atoms with E-state index < -0.39 is 0 Å². The van der Waals surface area contributed by atoms with E-state index >= 15 is 0 Å². The Kier molecular flexibility index (Phi) is 5.08. The highest BCUT2D eigenvalue weighted by molar-refractivity contribution is 7.19. The number of carbonyl (C=O) groups excluding carboxylic acids is 1. The molecule has 0 atom stereocenters. The topological polar surface area (TPSA) is 70.8 Å². The molecular formula is C14H24N4O2S. The molecule has 1 fully saturated rings. The molecule has 2 heterocycles. The maximum Gasteiger partial charge on any atom is 0.178 e. The first-order chi connectivity index (χ1) is 9.88. The van der Waals surface area contributed by atoms with E-state index in [0.717, 1.165) is 31.2 Å². The van der Waals surface area contributed by atoms with Crippen molar-refractivity contribution in [1.29, 1.82) is 0 Å². The number of Topliss-reactive ketones (excluding diaryl/α,β-unsaturated/α-hetero) is 1. The average Bonchev–Trinajstić information content (AvgIpc) is 2.70. The number of nitrogen functional groups attached to an aromatic ring is 1. The van der Waals surface area contributed by atoms with Gasteiger partial charge in [-0.05, 0) is 20.9 Å². The van der Waals surface area contributed by atoms with Gasteiger partial charge in [-0.3, -0.25) is 4.79 Å². The highest BCUT2D eigenvalue weighted by Crippen LogP contribution is 2.43. The molecule has 0 unspecified atom stereocenters. The minimum absolute atomic E-state index is 0.00903. The van der Waals surface area contributed by atoms with Crippen LogP contribution in [-0.4, -0.2) is 55.0 Å². The first-order valence-corrected chi connectivity index (χ1v) is 8.00. The fourth-order valence-corrected chi connectivity index (χ4v) is 3.15. The van der Waals surface area contributed by atoms with Gasteiger partial charge in [-0.2, -0.15) is 0 Å². The number of nitrogens with two attached hydrogens (primary N) is 1. The molecule has 1 saturated heterocycles. The monoisotopic (exact) mass is 312 g/mol. The lowest BCUT2D eigenvalue weighted by atomic mass is 10.3. The van der Waals surface area contributed by atoms with Crippen LogP contribution in [-0.2, 0) is 0 Å². The first kappa shape index (κ1) is 16.1. The third kappa shape index (κ3) is 3.87. The molecule has 6 nitrogen and oxygen atoms in total. The molecule has 0 saturated carbocycles. The Morgan fingerprint density at radius 2 is 1.95 bits per heavy atom. The SMILES string of the molecule is CC(=O)c1sc(NN2CCN(C)CC2)c(OC(C)C)c1N. The number of ketones is 1. The summed E-state index contributed by atoms with van der Waals surface area (Å²) in [5, 5.41) is 2.96. The van der Waals surface area contributed by atoms with Crippen molar-refractivity contribution in [2.24, 2.45) is 0 Å². The zero-order chi connectivity index (χ0) is 15.6. The summed E-state index contributed by atoms with van der Waals surface area (Å²) in [6.07, 6.45) is 0.00903. The van der Waals surface area contributed by atoms with E-state index in [2.05, 4.69) is 22.4 Å². The summed E-state index contributed by atoms with van der Waals surface area (Å²) in [7, 11) is 2.11. The van der Waals surface area contributed by atoms with Gasteiger partial charge in [-0.25, -0.2) is 5.01 Å². The Balaban J connectivity index is 2.20. The van der Waals surface area contributed by atoms with Crippen molar-refractivity contribution >= 4 is 27.8 Å². The lowest BCUT2D eigenvalue weighted by molar-refractivity contribution is 0.102. The molecule has 21 heavy (non-hydrogen) atoms. The molecule has 0 aliphatic carbocycles. The van der Waals surface area contributed by atoms with Crippen molar-refractivity contribution in [2.45, 2.75) is 26.9 Å². The number of hydrogen-bond donors (Lipinski definition) is 2. The number of carbonyl (C=O) groups is 1. The van der Waals surface area contributed by atoms with Gasteiger partial charge < -0.3 is 20.8 Å². The minimum Gasteiger partial charge on any atom is -0.486 e. The van der Waals surface area contributed by atoms with Crippen molar-refractivity contribution in [3.63, 3.8) is 0 Å². The number of anilines is 2. The van der Waals surface area contributed by atoms with Gasteiger partial charge in [0.2, 0.25) is 0 Å². The van der Waals surface area contributed by atoms with Gasteiger partial charge in [-0.1, -0.05) is 0 Å². The third-order valence-corrected chi connectivity index (χ3v) is 4.53. The van der Waals surface area contributed by atoms with E-state index in [1.54, 1.807) is 0 Å². The van der Waals surface area contributed by atoms with E-state index in [9.17, 15) is 4.79 Å². The summed E-state index contributed by atoms with van der Waals surface area (Å²) in [6, 6.07) is 0. The molecule has 0 radical (unpaired) electrons. The lowest BCUT2D eigenvalue weighted by Crippen LogP contribution is -2.46. The third-order valence-electron chi connectivity index (χ3n) is 3.34. The van der Waals surface area contributed by atoms with Gasteiger partial charge in [-0.15, -0.1) is 11.3 Å². The van der Waals surface area contributed by atoms with Crippen LogP contribution in [0.1, 0.15) is 30.4 Å². The van der Waals surface area contributed by atoms with Crippen LogP contribution in [0.4, 0.5) is 10.7 Å². The van der Waals surface area contributed by atoms with Gasteiger partial charge in [0.25, 0.3) is 0 Å². The number of nitrogens with zero attached hydrogens (tertiary/aromatic N) is 2. The summed E-state index contributed by atoms with van der Waals surface area (Å²) < 4.78 is 5.80. The number of hydrazine groups is 1. The second kappa shape index (κ2) is 6.64. The first-order valence-electron chi connectivity index (χ1n) is 7.18. The zero-order valence-electron chi connectivity index (χ0n) is 13.1. The quantitative estimate of drug-likeness (QED) is 0.809. The fourth-order valence-electron chi connectivity index (χ4n) is 2.18. The minimum atomic E-state index is -0.0301. The summed E-state index contributed by atoms with van der Waals surface area (Å²) in [5.41, 5.74) is 9.88. The number of hydrogen-bond acceptors (Lipinski definition) is 7. The van der Waals surface area contributed by atoms with Gasteiger partial charge in [0.1, 0.15) is 5.00 Å². The van der Waals surface area contributed by atoms with Crippen LogP contribution in [0.25, 0.3) is 0 Å². The second-order valence-corrected chi connectivity index (χ2v) is 6.65. The van der Waals surface area contributed by atoms with Crippen molar-refractivity contribution in [3.8, 4) is 5.75 Å². The van der Waals surface area contributed by atoms with Gasteiger partial charge in [0.15, 0.2) is 11.5 Å². The zero-order valence-corrected chi connectivity index (χ0v) is 13.9. The predicted octanol–water partition coefficient (Wildman–Crippen LogP) is 1.89. The van der Waals surface area contributed by atoms with Gasteiger partial charge in [0, 0.05) is 33.1 Å². The Hall–Kier alpha value is -1.31. The van der Waals surface area contributed by atoms with Crippen molar-refractivity contribution in [1.82, 2.24) is 9.91 Å². The number of likely N-dealkylation sites (N-methyl/N-ethyl adjacent to an activating group) is 1. The molecule has 7 heteroatoms. The molecule has 2 rings (SSSR count).